The Morgan fingerprint density at radius 1 is 0.974 bits per heavy atom. The maximum absolute atomic E-state index is 13.3. The number of benzene rings is 1. The SMILES string of the molecule is COC(=O)c1c(NC(=S)Nc2ccc(S(=O)(=O)NC34CC5CC(CC(C5)C3)C4)cc2)sc2c1CCCCC2. The molecule has 0 atom stereocenters. The molecule has 0 amide bonds. The summed E-state index contributed by atoms with van der Waals surface area (Å²) in [6, 6.07) is 6.71. The molecule has 5 aliphatic rings. The van der Waals surface area contributed by atoms with Crippen LogP contribution in [0.25, 0.3) is 0 Å². The summed E-state index contributed by atoms with van der Waals surface area (Å²) in [6.07, 6.45) is 11.9. The summed E-state index contributed by atoms with van der Waals surface area (Å²) in [5.74, 6) is 1.65. The lowest BCUT2D eigenvalue weighted by Gasteiger charge is -2.56. The molecule has 10 heteroatoms. The Labute approximate surface area is 234 Å². The first-order chi connectivity index (χ1) is 18.2. The number of sulfonamides is 1. The molecule has 3 N–H and O–H groups in total. The molecular weight excluding hydrogens is 539 g/mol. The second kappa shape index (κ2) is 10.2. The number of ether oxygens (including phenoxy) is 1. The summed E-state index contributed by atoms with van der Waals surface area (Å²) in [5.41, 5.74) is 2.06. The lowest BCUT2D eigenvalue weighted by atomic mass is 9.53. The Morgan fingerprint density at radius 2 is 1.61 bits per heavy atom. The highest BCUT2D eigenvalue weighted by Gasteiger charge is 2.52. The molecule has 0 aliphatic heterocycles. The maximum Gasteiger partial charge on any atom is 0.341 e. The van der Waals surface area contributed by atoms with Gasteiger partial charge in [0.05, 0.1) is 17.6 Å². The normalized spacial score (nSPS) is 27.9. The van der Waals surface area contributed by atoms with Crippen LogP contribution in [0.2, 0.25) is 0 Å². The largest absolute Gasteiger partial charge is 0.465 e. The summed E-state index contributed by atoms with van der Waals surface area (Å²) in [4.78, 5) is 14.1. The number of nitrogens with one attached hydrogen (secondary N) is 3. The van der Waals surface area contributed by atoms with Gasteiger partial charge in [0.2, 0.25) is 10.0 Å². The Balaban J connectivity index is 1.13. The van der Waals surface area contributed by atoms with Crippen LogP contribution in [0.3, 0.4) is 0 Å². The topological polar surface area (TPSA) is 96.5 Å². The molecule has 0 radical (unpaired) electrons. The number of carbonyl (C=O) groups is 1. The molecule has 5 aliphatic carbocycles. The fourth-order valence-electron chi connectivity index (χ4n) is 7.71. The highest BCUT2D eigenvalue weighted by atomic mass is 32.2. The summed E-state index contributed by atoms with van der Waals surface area (Å²) in [6.45, 7) is 0. The Hall–Kier alpha value is -2.01. The second-order valence-electron chi connectivity index (χ2n) is 11.7. The van der Waals surface area contributed by atoms with Gasteiger partial charge in [-0.2, -0.15) is 0 Å². The van der Waals surface area contributed by atoms with Crippen molar-refractivity contribution in [3.8, 4) is 0 Å². The highest BCUT2D eigenvalue weighted by Crippen LogP contribution is 2.56. The quantitative estimate of drug-likeness (QED) is 0.226. The first-order valence-corrected chi connectivity index (χ1v) is 16.4. The van der Waals surface area contributed by atoms with Crippen molar-refractivity contribution in [2.75, 3.05) is 17.7 Å². The van der Waals surface area contributed by atoms with Crippen LogP contribution < -0.4 is 15.4 Å². The Bertz CT molecular complexity index is 1310. The molecule has 0 spiro atoms. The van der Waals surface area contributed by atoms with Gasteiger partial charge >= 0.3 is 5.97 Å². The number of anilines is 2. The minimum Gasteiger partial charge on any atom is -0.465 e. The van der Waals surface area contributed by atoms with Crippen LogP contribution in [0, 0.1) is 17.8 Å². The first kappa shape index (κ1) is 26.2. The van der Waals surface area contributed by atoms with Crippen molar-refractivity contribution in [2.45, 2.75) is 81.1 Å². The van der Waals surface area contributed by atoms with Gasteiger partial charge in [-0.15, -0.1) is 11.3 Å². The Morgan fingerprint density at radius 3 is 2.24 bits per heavy atom. The van der Waals surface area contributed by atoms with Crippen LogP contribution >= 0.6 is 23.6 Å². The third-order valence-electron chi connectivity index (χ3n) is 8.85. The third-order valence-corrected chi connectivity index (χ3v) is 11.9. The summed E-state index contributed by atoms with van der Waals surface area (Å²) < 4.78 is 34.9. The van der Waals surface area contributed by atoms with E-state index < -0.39 is 10.0 Å². The van der Waals surface area contributed by atoms with Crippen molar-refractivity contribution in [3.05, 3.63) is 40.3 Å². The molecule has 4 saturated carbocycles. The van der Waals surface area contributed by atoms with Crippen LogP contribution in [0.15, 0.2) is 29.2 Å². The number of fused-ring (bicyclic) bond motifs is 1. The zero-order chi connectivity index (χ0) is 26.5. The van der Waals surface area contributed by atoms with Gasteiger partial charge in [-0.25, -0.2) is 17.9 Å². The minimum atomic E-state index is -3.62. The van der Waals surface area contributed by atoms with Crippen molar-refractivity contribution in [1.29, 1.82) is 0 Å². The minimum absolute atomic E-state index is 0.271. The smallest absolute Gasteiger partial charge is 0.341 e. The number of methoxy groups -OCH3 is 1. The van der Waals surface area contributed by atoms with Crippen molar-refractivity contribution in [3.63, 3.8) is 0 Å². The van der Waals surface area contributed by atoms with Gasteiger partial charge in [0.25, 0.3) is 0 Å². The van der Waals surface area contributed by atoms with E-state index in [1.807, 2.05) is 0 Å². The van der Waals surface area contributed by atoms with Gasteiger partial charge in [0, 0.05) is 16.1 Å². The van der Waals surface area contributed by atoms with E-state index in [1.54, 1.807) is 35.6 Å². The zero-order valence-electron chi connectivity index (χ0n) is 21.7. The molecule has 7 rings (SSSR count). The van der Waals surface area contributed by atoms with E-state index in [0.717, 1.165) is 56.9 Å². The molecule has 0 unspecified atom stereocenters. The van der Waals surface area contributed by atoms with Crippen LogP contribution in [-0.4, -0.2) is 32.1 Å². The van der Waals surface area contributed by atoms with E-state index in [-0.39, 0.29) is 16.4 Å². The number of thiophene rings is 1. The molecule has 2 aromatic rings. The molecule has 1 heterocycles. The number of esters is 1. The molecule has 4 bridgehead atoms. The zero-order valence-corrected chi connectivity index (χ0v) is 24.1. The molecule has 0 saturated heterocycles. The van der Waals surface area contributed by atoms with Gasteiger partial charge in [0.1, 0.15) is 5.00 Å². The molecule has 204 valence electrons. The highest BCUT2D eigenvalue weighted by molar-refractivity contribution is 7.89. The van der Waals surface area contributed by atoms with Gasteiger partial charge in [-0.3, -0.25) is 0 Å². The fraction of sp³-hybridized carbons (Fsp3) is 0.571. The number of hydrogen-bond donors (Lipinski definition) is 3. The number of carbonyl (C=O) groups excluding carboxylic acids is 1. The fourth-order valence-corrected chi connectivity index (χ4v) is 10.7. The van der Waals surface area contributed by atoms with Gasteiger partial charge in [-0.1, -0.05) is 6.42 Å². The second-order valence-corrected chi connectivity index (χ2v) is 14.9. The van der Waals surface area contributed by atoms with Crippen LogP contribution in [0.4, 0.5) is 10.7 Å². The lowest BCUT2D eigenvalue weighted by molar-refractivity contribution is -0.00810. The van der Waals surface area contributed by atoms with Crippen molar-refractivity contribution < 1.29 is 17.9 Å². The van der Waals surface area contributed by atoms with Gasteiger partial charge < -0.3 is 15.4 Å². The first-order valence-electron chi connectivity index (χ1n) is 13.7. The molecule has 38 heavy (non-hydrogen) atoms. The molecule has 1 aromatic carbocycles. The predicted octanol–water partition coefficient (Wildman–Crippen LogP) is 5.86. The van der Waals surface area contributed by atoms with E-state index in [1.165, 1.54) is 31.2 Å². The van der Waals surface area contributed by atoms with E-state index in [9.17, 15) is 13.2 Å². The van der Waals surface area contributed by atoms with E-state index in [4.69, 9.17) is 17.0 Å². The lowest BCUT2D eigenvalue weighted by Crippen LogP contribution is -2.59. The average molecular weight is 574 g/mol. The summed E-state index contributed by atoms with van der Waals surface area (Å²) >= 11 is 7.11. The molecule has 1 aromatic heterocycles. The van der Waals surface area contributed by atoms with Crippen molar-refractivity contribution in [2.24, 2.45) is 17.8 Å². The van der Waals surface area contributed by atoms with Gasteiger partial charge in [0.15, 0.2) is 5.11 Å². The van der Waals surface area contributed by atoms with Crippen molar-refractivity contribution in [1.82, 2.24) is 4.72 Å². The van der Waals surface area contributed by atoms with E-state index >= 15 is 0 Å². The number of hydrogen-bond acceptors (Lipinski definition) is 6. The van der Waals surface area contributed by atoms with E-state index in [0.29, 0.717) is 39.1 Å². The number of thiocarbonyl (C=S) groups is 1. The maximum atomic E-state index is 13.3. The standard InChI is InChI=1S/C28H35N3O4S3/c1-35-26(32)24-22-5-3-2-4-6-23(22)37-25(24)30-27(36)29-20-7-9-21(10-8-20)38(33,34)31-28-14-17-11-18(15-28)13-19(12-17)16-28/h7-10,17-19,31H,2-6,11-16H2,1H3,(H2,29,30,36). The number of rotatable bonds is 6. The predicted molar refractivity (Wildman–Crippen MR) is 154 cm³/mol. The van der Waals surface area contributed by atoms with Crippen LogP contribution in [0.1, 0.15) is 78.6 Å². The van der Waals surface area contributed by atoms with Crippen LogP contribution in [0.5, 0.6) is 0 Å². The molecule has 4 fully saturated rings. The Kier molecular flexibility index (Phi) is 7.03. The molecular formula is C28H35N3O4S3. The van der Waals surface area contributed by atoms with Crippen LogP contribution in [-0.2, 0) is 27.6 Å². The molecule has 7 nitrogen and oxygen atoms in total. The third kappa shape index (κ3) is 5.12. The number of aryl methyl sites for hydroxylation is 1. The monoisotopic (exact) mass is 573 g/mol. The average Bonchev–Trinajstić information content (AvgIpc) is 3.02. The van der Waals surface area contributed by atoms with Crippen molar-refractivity contribution >= 4 is 55.3 Å². The summed E-state index contributed by atoms with van der Waals surface area (Å²) in [7, 11) is -2.22. The summed E-state index contributed by atoms with van der Waals surface area (Å²) in [5, 5.41) is 7.36. The van der Waals surface area contributed by atoms with E-state index in [2.05, 4.69) is 15.4 Å². The van der Waals surface area contributed by atoms with Gasteiger partial charge in [-0.05, 0) is 124 Å².